The summed E-state index contributed by atoms with van der Waals surface area (Å²) in [5.74, 6) is 0.934. The monoisotopic (exact) mass is 363 g/mol. The van der Waals surface area contributed by atoms with E-state index in [-0.39, 0.29) is 0 Å². The topological polar surface area (TPSA) is 23.4 Å². The molecule has 134 valence electrons. The van der Waals surface area contributed by atoms with Crippen LogP contribution in [0.3, 0.4) is 0 Å². The maximum absolute atomic E-state index is 6.21. The first-order valence-corrected chi connectivity index (χ1v) is 15.7. The molecule has 0 saturated heterocycles. The van der Waals surface area contributed by atoms with Gasteiger partial charge < -0.3 is 13.4 Å². The van der Waals surface area contributed by atoms with Gasteiger partial charge in [0.2, 0.25) is 0 Å². The molecule has 2 rings (SSSR count). The van der Waals surface area contributed by atoms with Crippen LogP contribution in [0.5, 0.6) is 5.75 Å². The SMILES string of the molecule is COc1ccc2c(c1)c(CCC(C)O[Si](C)(C)C)cn2[Si](C)(C)C. The molecule has 1 aromatic heterocycles. The van der Waals surface area contributed by atoms with Gasteiger partial charge >= 0.3 is 0 Å². The number of aryl methyl sites for hydroxylation is 1. The molecule has 0 N–H and O–H groups in total. The summed E-state index contributed by atoms with van der Waals surface area (Å²) in [7, 11) is -1.18. The van der Waals surface area contributed by atoms with Crippen LogP contribution in [0.4, 0.5) is 0 Å². The quantitative estimate of drug-likeness (QED) is 0.606. The summed E-state index contributed by atoms with van der Waals surface area (Å²) in [5.41, 5.74) is 2.75. The van der Waals surface area contributed by atoms with E-state index in [0.29, 0.717) is 6.10 Å². The first-order chi connectivity index (χ1) is 11.0. The van der Waals surface area contributed by atoms with Crippen molar-refractivity contribution in [1.29, 1.82) is 0 Å². The van der Waals surface area contributed by atoms with E-state index in [2.05, 4.69) is 74.8 Å². The van der Waals surface area contributed by atoms with Gasteiger partial charge in [-0.15, -0.1) is 0 Å². The van der Waals surface area contributed by atoms with Crippen LogP contribution in [-0.2, 0) is 10.8 Å². The van der Waals surface area contributed by atoms with Crippen LogP contribution in [0.15, 0.2) is 24.4 Å². The van der Waals surface area contributed by atoms with E-state index in [9.17, 15) is 0 Å². The van der Waals surface area contributed by atoms with Crippen molar-refractivity contribution in [1.82, 2.24) is 4.23 Å². The van der Waals surface area contributed by atoms with E-state index in [0.717, 1.165) is 18.6 Å². The van der Waals surface area contributed by atoms with Crippen molar-refractivity contribution in [3.05, 3.63) is 30.0 Å². The summed E-state index contributed by atoms with van der Waals surface area (Å²) >= 11 is 0. The van der Waals surface area contributed by atoms with E-state index in [1.807, 2.05) is 0 Å². The summed E-state index contributed by atoms with van der Waals surface area (Å²) in [6.07, 6.45) is 4.80. The van der Waals surface area contributed by atoms with E-state index in [1.165, 1.54) is 16.5 Å². The van der Waals surface area contributed by atoms with E-state index >= 15 is 0 Å². The highest BCUT2D eigenvalue weighted by atomic mass is 28.4. The molecule has 0 bridgehead atoms. The van der Waals surface area contributed by atoms with Gasteiger partial charge in [0.05, 0.1) is 7.11 Å². The summed E-state index contributed by atoms with van der Waals surface area (Å²) in [6, 6.07) is 6.46. The van der Waals surface area contributed by atoms with Gasteiger partial charge in [0.25, 0.3) is 0 Å². The van der Waals surface area contributed by atoms with Crippen LogP contribution >= 0.6 is 0 Å². The zero-order valence-electron chi connectivity index (χ0n) is 16.6. The second-order valence-corrected chi connectivity index (χ2v) is 17.9. The van der Waals surface area contributed by atoms with Crippen LogP contribution in [0.25, 0.3) is 10.9 Å². The predicted molar refractivity (Wildman–Crippen MR) is 109 cm³/mol. The van der Waals surface area contributed by atoms with Crippen LogP contribution in [0, 0.1) is 0 Å². The lowest BCUT2D eigenvalue weighted by Gasteiger charge is -2.23. The molecule has 0 spiro atoms. The number of rotatable bonds is 7. The van der Waals surface area contributed by atoms with Gasteiger partial charge in [-0.2, -0.15) is 0 Å². The number of hydrogen-bond donors (Lipinski definition) is 0. The number of hydrogen-bond acceptors (Lipinski definition) is 2. The number of nitrogens with zero attached hydrogens (tertiary/aromatic N) is 1. The fourth-order valence-electron chi connectivity index (χ4n) is 3.18. The molecule has 0 aliphatic rings. The van der Waals surface area contributed by atoms with Crippen LogP contribution in [0.1, 0.15) is 18.9 Å². The third-order valence-electron chi connectivity index (χ3n) is 4.19. The summed E-state index contributed by atoms with van der Waals surface area (Å²) in [6.45, 7) is 16.1. The van der Waals surface area contributed by atoms with Crippen molar-refractivity contribution in [2.45, 2.75) is 65.2 Å². The van der Waals surface area contributed by atoms with Crippen LogP contribution in [0.2, 0.25) is 39.3 Å². The van der Waals surface area contributed by atoms with E-state index < -0.39 is 16.6 Å². The third-order valence-corrected chi connectivity index (χ3v) is 7.12. The number of aromatic nitrogens is 1. The first kappa shape index (κ1) is 19.3. The Morgan fingerprint density at radius 3 is 2.29 bits per heavy atom. The normalized spacial score (nSPS) is 14.2. The zero-order chi connectivity index (χ0) is 18.1. The highest BCUT2D eigenvalue weighted by molar-refractivity contribution is 6.75. The molecule has 3 nitrogen and oxygen atoms in total. The molecule has 0 amide bonds. The Kier molecular flexibility index (Phi) is 5.67. The summed E-state index contributed by atoms with van der Waals surface area (Å²) in [5, 5.41) is 1.33. The molecular weight excluding hydrogens is 330 g/mol. The minimum absolute atomic E-state index is 0.313. The fourth-order valence-corrected chi connectivity index (χ4v) is 5.97. The smallest absolute Gasteiger partial charge is 0.184 e. The standard InChI is InChI=1S/C19H33NO2Si2/c1-15(22-24(6,7)8)9-10-16-14-20(23(3,4)5)19-12-11-17(21-2)13-18(16)19/h11-15H,9-10H2,1-8H3. The van der Waals surface area contributed by atoms with Gasteiger partial charge in [-0.25, -0.2) is 0 Å². The second kappa shape index (κ2) is 7.06. The minimum atomic E-state index is -1.47. The molecular formula is C19H33NO2Si2. The lowest BCUT2D eigenvalue weighted by Crippen LogP contribution is -2.31. The Morgan fingerprint density at radius 1 is 1.08 bits per heavy atom. The van der Waals surface area contributed by atoms with Crippen molar-refractivity contribution >= 4 is 27.5 Å². The molecule has 1 unspecified atom stereocenters. The van der Waals surface area contributed by atoms with E-state index in [4.69, 9.17) is 9.16 Å². The van der Waals surface area contributed by atoms with Gasteiger partial charge in [0, 0.05) is 17.0 Å². The van der Waals surface area contributed by atoms with Crippen molar-refractivity contribution in [2.75, 3.05) is 7.11 Å². The van der Waals surface area contributed by atoms with Gasteiger partial charge in [0.15, 0.2) is 16.6 Å². The van der Waals surface area contributed by atoms with Crippen molar-refractivity contribution in [3.8, 4) is 5.75 Å². The molecule has 2 aromatic rings. The van der Waals surface area contributed by atoms with E-state index in [1.54, 1.807) is 7.11 Å². The van der Waals surface area contributed by atoms with Crippen molar-refractivity contribution in [3.63, 3.8) is 0 Å². The molecule has 1 atom stereocenters. The van der Waals surface area contributed by atoms with Crippen LogP contribution < -0.4 is 4.74 Å². The summed E-state index contributed by atoms with van der Waals surface area (Å²) < 4.78 is 14.2. The maximum atomic E-state index is 6.21. The molecule has 5 heteroatoms. The molecule has 1 aromatic carbocycles. The lowest BCUT2D eigenvalue weighted by molar-refractivity contribution is 0.204. The molecule has 0 aliphatic heterocycles. The number of methoxy groups -OCH3 is 1. The Balaban J connectivity index is 2.32. The van der Waals surface area contributed by atoms with Gasteiger partial charge in [0.1, 0.15) is 5.75 Å². The molecule has 1 heterocycles. The Hall–Kier alpha value is -1.05. The molecule has 0 radical (unpaired) electrons. The van der Waals surface area contributed by atoms with Crippen LogP contribution in [-0.4, -0.2) is 34.0 Å². The molecule has 0 saturated carbocycles. The Bertz CT molecular complexity index is 696. The average molecular weight is 364 g/mol. The Labute approximate surface area is 149 Å². The summed E-state index contributed by atoms with van der Waals surface area (Å²) in [4.78, 5) is 0. The highest BCUT2D eigenvalue weighted by Gasteiger charge is 2.22. The van der Waals surface area contributed by atoms with Gasteiger partial charge in [-0.3, -0.25) is 0 Å². The van der Waals surface area contributed by atoms with Crippen molar-refractivity contribution < 1.29 is 9.16 Å². The maximum Gasteiger partial charge on any atom is 0.184 e. The fraction of sp³-hybridized carbons (Fsp3) is 0.579. The Morgan fingerprint density at radius 2 is 1.75 bits per heavy atom. The predicted octanol–water partition coefficient (Wildman–Crippen LogP) is 5.51. The van der Waals surface area contributed by atoms with Crippen molar-refractivity contribution in [2.24, 2.45) is 0 Å². The third kappa shape index (κ3) is 4.74. The first-order valence-electron chi connectivity index (χ1n) is 8.87. The molecule has 0 fully saturated rings. The minimum Gasteiger partial charge on any atom is -0.497 e. The second-order valence-electron chi connectivity index (χ2n) is 8.66. The average Bonchev–Trinajstić information content (AvgIpc) is 2.81. The number of fused-ring (bicyclic) bond motifs is 1. The highest BCUT2D eigenvalue weighted by Crippen LogP contribution is 2.29. The number of ether oxygens (including phenoxy) is 1. The molecule has 0 aliphatic carbocycles. The zero-order valence-corrected chi connectivity index (χ0v) is 18.6. The van der Waals surface area contributed by atoms with Gasteiger partial charge in [-0.05, 0) is 69.4 Å². The largest absolute Gasteiger partial charge is 0.497 e. The number of benzene rings is 1. The lowest BCUT2D eigenvalue weighted by atomic mass is 10.1. The van der Waals surface area contributed by atoms with Gasteiger partial charge in [-0.1, -0.05) is 19.6 Å². The molecule has 24 heavy (non-hydrogen) atoms.